The summed E-state index contributed by atoms with van der Waals surface area (Å²) in [4.78, 5) is 14.0. The van der Waals surface area contributed by atoms with Crippen molar-refractivity contribution in [1.29, 1.82) is 0 Å². The number of hydrogen-bond donors (Lipinski definition) is 1. The van der Waals surface area contributed by atoms with E-state index in [4.69, 9.17) is 10.5 Å². The largest absolute Gasteiger partial charge is 0.457 e. The van der Waals surface area contributed by atoms with Gasteiger partial charge in [-0.05, 0) is 55.6 Å². The first-order chi connectivity index (χ1) is 11.6. The molecule has 0 atom stereocenters. The predicted molar refractivity (Wildman–Crippen MR) is 97.3 cm³/mol. The molecule has 2 aromatic carbocycles. The van der Waals surface area contributed by atoms with E-state index in [9.17, 15) is 4.79 Å². The lowest BCUT2D eigenvalue weighted by atomic mass is 10.1. The highest BCUT2D eigenvalue weighted by Gasteiger charge is 2.03. The molecule has 126 valence electrons. The second-order valence-electron chi connectivity index (χ2n) is 5.91. The van der Waals surface area contributed by atoms with E-state index in [1.54, 1.807) is 6.08 Å². The van der Waals surface area contributed by atoms with Gasteiger partial charge in [-0.25, -0.2) is 0 Å². The minimum absolute atomic E-state index is 0.0825. The van der Waals surface area contributed by atoms with Crippen molar-refractivity contribution >= 4 is 5.78 Å². The van der Waals surface area contributed by atoms with Crippen LogP contribution in [0, 0.1) is 0 Å². The standard InChI is InChI=1S/C20H24N2O2/c1-22(2)11-5-8-18(23)12-16-6-3-9-19(13-16)24-20-10-4-7-17(14-20)15-21/h3-10,13-14H,11-12,15,21H2,1-2H3/b8-5+. The molecule has 0 aliphatic carbocycles. The van der Waals surface area contributed by atoms with Crippen LogP contribution in [0.15, 0.2) is 60.7 Å². The van der Waals surface area contributed by atoms with E-state index in [-0.39, 0.29) is 5.78 Å². The molecule has 0 aliphatic heterocycles. The van der Waals surface area contributed by atoms with E-state index in [2.05, 4.69) is 0 Å². The number of allylic oxidation sites excluding steroid dienone is 1. The maximum absolute atomic E-state index is 12.0. The summed E-state index contributed by atoms with van der Waals surface area (Å²) in [6, 6.07) is 15.3. The Bertz CT molecular complexity index is 708. The quantitative estimate of drug-likeness (QED) is 0.758. The molecule has 0 spiro atoms. The molecule has 4 nitrogen and oxygen atoms in total. The van der Waals surface area contributed by atoms with E-state index in [1.165, 1.54) is 0 Å². The maximum atomic E-state index is 12.0. The Morgan fingerprint density at radius 2 is 1.71 bits per heavy atom. The van der Waals surface area contributed by atoms with Gasteiger partial charge >= 0.3 is 0 Å². The Labute approximate surface area is 143 Å². The Morgan fingerprint density at radius 3 is 2.33 bits per heavy atom. The molecule has 2 aromatic rings. The highest BCUT2D eigenvalue weighted by molar-refractivity contribution is 5.91. The fourth-order valence-electron chi connectivity index (χ4n) is 2.25. The lowest BCUT2D eigenvalue weighted by molar-refractivity contribution is -0.114. The normalized spacial score (nSPS) is 11.2. The second kappa shape index (κ2) is 9.01. The van der Waals surface area contributed by atoms with Crippen LogP contribution in [0.2, 0.25) is 0 Å². The molecular weight excluding hydrogens is 300 g/mol. The molecule has 0 fully saturated rings. The van der Waals surface area contributed by atoms with Crippen LogP contribution in [-0.2, 0) is 17.8 Å². The van der Waals surface area contributed by atoms with Crippen LogP contribution >= 0.6 is 0 Å². The van der Waals surface area contributed by atoms with Gasteiger partial charge in [0.05, 0.1) is 0 Å². The van der Waals surface area contributed by atoms with Crippen LogP contribution in [0.4, 0.5) is 0 Å². The van der Waals surface area contributed by atoms with Crippen molar-refractivity contribution in [2.24, 2.45) is 5.73 Å². The van der Waals surface area contributed by atoms with E-state index in [1.807, 2.05) is 73.6 Å². The van der Waals surface area contributed by atoms with Crippen LogP contribution in [0.1, 0.15) is 11.1 Å². The molecule has 0 unspecified atom stereocenters. The summed E-state index contributed by atoms with van der Waals surface area (Å²) >= 11 is 0. The Hall–Kier alpha value is -2.43. The smallest absolute Gasteiger partial charge is 0.159 e. The molecular formula is C20H24N2O2. The molecule has 0 bridgehead atoms. The molecule has 0 saturated heterocycles. The Morgan fingerprint density at radius 1 is 1.08 bits per heavy atom. The molecule has 4 heteroatoms. The summed E-state index contributed by atoms with van der Waals surface area (Å²) in [5, 5.41) is 0. The summed E-state index contributed by atoms with van der Waals surface area (Å²) in [6.45, 7) is 1.23. The van der Waals surface area contributed by atoms with Crippen molar-refractivity contribution < 1.29 is 9.53 Å². The zero-order valence-electron chi connectivity index (χ0n) is 14.2. The fourth-order valence-corrected chi connectivity index (χ4v) is 2.25. The number of benzene rings is 2. The number of likely N-dealkylation sites (N-methyl/N-ethyl adjacent to an activating group) is 1. The summed E-state index contributed by atoms with van der Waals surface area (Å²) in [5.41, 5.74) is 7.60. The fraction of sp³-hybridized carbons (Fsp3) is 0.250. The zero-order valence-corrected chi connectivity index (χ0v) is 14.2. The predicted octanol–water partition coefficient (Wildman–Crippen LogP) is 3.17. The van der Waals surface area contributed by atoms with E-state index >= 15 is 0 Å². The van der Waals surface area contributed by atoms with E-state index < -0.39 is 0 Å². The molecule has 0 saturated carbocycles. The number of nitrogens with two attached hydrogens (primary N) is 1. The molecule has 2 N–H and O–H groups in total. The molecule has 0 aromatic heterocycles. The number of hydrogen-bond acceptors (Lipinski definition) is 4. The van der Waals surface area contributed by atoms with Crippen molar-refractivity contribution in [3.8, 4) is 11.5 Å². The highest BCUT2D eigenvalue weighted by atomic mass is 16.5. The molecule has 0 heterocycles. The summed E-state index contributed by atoms with van der Waals surface area (Å²) in [6.07, 6.45) is 3.88. The number of carbonyl (C=O) groups excluding carboxylic acids is 1. The van der Waals surface area contributed by atoms with Crippen LogP contribution in [0.5, 0.6) is 11.5 Å². The Kier molecular flexibility index (Phi) is 6.73. The average molecular weight is 324 g/mol. The molecule has 0 radical (unpaired) electrons. The number of ether oxygens (including phenoxy) is 1. The van der Waals surface area contributed by atoms with Crippen LogP contribution in [0.25, 0.3) is 0 Å². The van der Waals surface area contributed by atoms with E-state index in [0.717, 1.165) is 23.4 Å². The van der Waals surface area contributed by atoms with Gasteiger partial charge in [0.2, 0.25) is 0 Å². The first kappa shape index (κ1) is 17.9. The van der Waals surface area contributed by atoms with Crippen molar-refractivity contribution in [2.75, 3.05) is 20.6 Å². The third kappa shape index (κ3) is 5.99. The van der Waals surface area contributed by atoms with Gasteiger partial charge in [-0.1, -0.05) is 30.3 Å². The molecule has 0 amide bonds. The third-order valence-corrected chi connectivity index (χ3v) is 3.42. The van der Waals surface area contributed by atoms with Gasteiger partial charge in [0, 0.05) is 19.5 Å². The monoisotopic (exact) mass is 324 g/mol. The maximum Gasteiger partial charge on any atom is 0.159 e. The van der Waals surface area contributed by atoms with E-state index in [0.29, 0.717) is 18.7 Å². The van der Waals surface area contributed by atoms with Gasteiger partial charge in [0.1, 0.15) is 11.5 Å². The van der Waals surface area contributed by atoms with Crippen LogP contribution in [-0.4, -0.2) is 31.3 Å². The average Bonchev–Trinajstić information content (AvgIpc) is 2.55. The van der Waals surface area contributed by atoms with Gasteiger partial charge in [-0.3, -0.25) is 4.79 Å². The lowest BCUT2D eigenvalue weighted by Gasteiger charge is -2.08. The summed E-state index contributed by atoms with van der Waals surface area (Å²) < 4.78 is 5.86. The van der Waals surface area contributed by atoms with Gasteiger partial charge in [0.25, 0.3) is 0 Å². The first-order valence-corrected chi connectivity index (χ1v) is 7.96. The minimum Gasteiger partial charge on any atom is -0.457 e. The number of ketones is 1. The Balaban J connectivity index is 2.00. The second-order valence-corrected chi connectivity index (χ2v) is 5.91. The topological polar surface area (TPSA) is 55.6 Å². The number of nitrogens with zero attached hydrogens (tertiary/aromatic N) is 1. The SMILES string of the molecule is CN(C)C/C=C/C(=O)Cc1cccc(Oc2cccc(CN)c2)c1. The van der Waals surface area contributed by atoms with Crippen molar-refractivity contribution in [3.05, 3.63) is 71.8 Å². The molecule has 2 rings (SSSR count). The van der Waals surface area contributed by atoms with Crippen molar-refractivity contribution in [3.63, 3.8) is 0 Å². The summed E-state index contributed by atoms with van der Waals surface area (Å²) in [5.74, 6) is 1.54. The van der Waals surface area contributed by atoms with Crippen molar-refractivity contribution in [2.45, 2.75) is 13.0 Å². The minimum atomic E-state index is 0.0825. The number of carbonyl (C=O) groups is 1. The highest BCUT2D eigenvalue weighted by Crippen LogP contribution is 2.23. The van der Waals surface area contributed by atoms with Gasteiger partial charge in [-0.2, -0.15) is 0 Å². The van der Waals surface area contributed by atoms with Crippen LogP contribution < -0.4 is 10.5 Å². The third-order valence-electron chi connectivity index (χ3n) is 3.42. The zero-order chi connectivity index (χ0) is 17.4. The van der Waals surface area contributed by atoms with Crippen LogP contribution in [0.3, 0.4) is 0 Å². The van der Waals surface area contributed by atoms with Gasteiger partial charge < -0.3 is 15.4 Å². The van der Waals surface area contributed by atoms with Crippen molar-refractivity contribution in [1.82, 2.24) is 4.90 Å². The molecule has 24 heavy (non-hydrogen) atoms. The van der Waals surface area contributed by atoms with Gasteiger partial charge in [0.15, 0.2) is 5.78 Å². The van der Waals surface area contributed by atoms with Gasteiger partial charge in [-0.15, -0.1) is 0 Å². The number of rotatable bonds is 8. The first-order valence-electron chi connectivity index (χ1n) is 7.96. The summed E-state index contributed by atoms with van der Waals surface area (Å²) in [7, 11) is 3.94. The lowest BCUT2D eigenvalue weighted by Crippen LogP contribution is -2.11. The molecule has 0 aliphatic rings.